The number of nitrogens with zero attached hydrogens (tertiary/aromatic N) is 1. The standard InChI is InChI=1S/C12H26N2O2/c1-3-15-11-9-14(8-6-5-7-13)10-12-16-4-2/h5-6H,3-4,7-13H2,1-2H3/b6-5+. The Morgan fingerprint density at radius 1 is 1.00 bits per heavy atom. The molecule has 0 aromatic rings. The lowest BCUT2D eigenvalue weighted by atomic mass is 10.4. The fraction of sp³-hybridized carbons (Fsp3) is 0.833. The molecule has 0 unspecified atom stereocenters. The van der Waals surface area contributed by atoms with Crippen LogP contribution in [0.5, 0.6) is 0 Å². The van der Waals surface area contributed by atoms with Crippen molar-refractivity contribution >= 4 is 0 Å². The highest BCUT2D eigenvalue weighted by Gasteiger charge is 2.02. The second kappa shape index (κ2) is 12.6. The minimum absolute atomic E-state index is 0.602. The summed E-state index contributed by atoms with van der Waals surface area (Å²) in [5.74, 6) is 0. The third-order valence-corrected chi connectivity index (χ3v) is 2.18. The lowest BCUT2D eigenvalue weighted by Crippen LogP contribution is -2.31. The summed E-state index contributed by atoms with van der Waals surface area (Å²) in [6.07, 6.45) is 4.08. The van der Waals surface area contributed by atoms with Crippen LogP contribution in [0.2, 0.25) is 0 Å². The van der Waals surface area contributed by atoms with E-state index in [2.05, 4.69) is 11.0 Å². The number of rotatable bonds is 11. The monoisotopic (exact) mass is 230 g/mol. The highest BCUT2D eigenvalue weighted by molar-refractivity contribution is 4.85. The molecule has 0 spiro atoms. The van der Waals surface area contributed by atoms with Crippen LogP contribution in [0.15, 0.2) is 12.2 Å². The molecule has 0 aliphatic carbocycles. The summed E-state index contributed by atoms with van der Waals surface area (Å²) in [6.45, 7) is 10.5. The molecule has 96 valence electrons. The quantitative estimate of drug-likeness (QED) is 0.423. The van der Waals surface area contributed by atoms with E-state index in [1.807, 2.05) is 19.9 Å². The average molecular weight is 230 g/mol. The van der Waals surface area contributed by atoms with Gasteiger partial charge in [-0.25, -0.2) is 0 Å². The summed E-state index contributed by atoms with van der Waals surface area (Å²) >= 11 is 0. The fourth-order valence-electron chi connectivity index (χ4n) is 1.29. The zero-order valence-electron chi connectivity index (χ0n) is 10.7. The van der Waals surface area contributed by atoms with Crippen molar-refractivity contribution in [2.45, 2.75) is 13.8 Å². The van der Waals surface area contributed by atoms with Gasteiger partial charge in [0.2, 0.25) is 0 Å². The predicted molar refractivity (Wildman–Crippen MR) is 67.6 cm³/mol. The van der Waals surface area contributed by atoms with Gasteiger partial charge in [0.25, 0.3) is 0 Å². The molecule has 0 amide bonds. The van der Waals surface area contributed by atoms with E-state index < -0.39 is 0 Å². The van der Waals surface area contributed by atoms with E-state index in [9.17, 15) is 0 Å². The maximum Gasteiger partial charge on any atom is 0.0593 e. The van der Waals surface area contributed by atoms with Gasteiger partial charge in [-0.3, -0.25) is 4.90 Å². The Kier molecular flexibility index (Phi) is 12.3. The molecule has 0 aromatic heterocycles. The average Bonchev–Trinajstić information content (AvgIpc) is 2.29. The minimum Gasteiger partial charge on any atom is -0.380 e. The summed E-state index contributed by atoms with van der Waals surface area (Å²) in [4.78, 5) is 2.30. The van der Waals surface area contributed by atoms with Crippen LogP contribution in [0.25, 0.3) is 0 Å². The predicted octanol–water partition coefficient (Wildman–Crippen LogP) is 0.876. The van der Waals surface area contributed by atoms with Gasteiger partial charge in [-0.15, -0.1) is 0 Å². The van der Waals surface area contributed by atoms with E-state index in [4.69, 9.17) is 15.2 Å². The first-order chi connectivity index (χ1) is 7.85. The normalized spacial score (nSPS) is 11.8. The van der Waals surface area contributed by atoms with Gasteiger partial charge in [0.1, 0.15) is 0 Å². The zero-order valence-corrected chi connectivity index (χ0v) is 10.7. The van der Waals surface area contributed by atoms with E-state index in [0.717, 1.165) is 46.1 Å². The summed E-state index contributed by atoms with van der Waals surface area (Å²) in [5, 5.41) is 0. The van der Waals surface area contributed by atoms with Gasteiger partial charge < -0.3 is 15.2 Å². The van der Waals surface area contributed by atoms with Gasteiger partial charge >= 0.3 is 0 Å². The molecule has 0 saturated carbocycles. The summed E-state index contributed by atoms with van der Waals surface area (Å²) < 4.78 is 10.7. The van der Waals surface area contributed by atoms with Crippen molar-refractivity contribution in [2.75, 3.05) is 52.6 Å². The van der Waals surface area contributed by atoms with E-state index in [1.165, 1.54) is 0 Å². The van der Waals surface area contributed by atoms with Gasteiger partial charge in [0.05, 0.1) is 13.2 Å². The second-order valence-corrected chi connectivity index (χ2v) is 3.40. The minimum atomic E-state index is 0.602. The Bertz CT molecular complexity index is 153. The number of nitrogens with two attached hydrogens (primary N) is 1. The molecule has 4 heteroatoms. The molecular formula is C12H26N2O2. The second-order valence-electron chi connectivity index (χ2n) is 3.40. The summed E-state index contributed by atoms with van der Waals surface area (Å²) in [5.41, 5.74) is 5.40. The Labute approximate surface area is 99.4 Å². The van der Waals surface area contributed by atoms with Crippen LogP contribution in [0.1, 0.15) is 13.8 Å². The largest absolute Gasteiger partial charge is 0.380 e. The van der Waals surface area contributed by atoms with Crippen molar-refractivity contribution in [3.8, 4) is 0 Å². The lowest BCUT2D eigenvalue weighted by Gasteiger charge is -2.20. The Morgan fingerprint density at radius 2 is 1.56 bits per heavy atom. The maximum atomic E-state index is 5.40. The van der Waals surface area contributed by atoms with Crippen molar-refractivity contribution in [3.05, 3.63) is 12.2 Å². The maximum absolute atomic E-state index is 5.40. The number of hydrogen-bond donors (Lipinski definition) is 1. The van der Waals surface area contributed by atoms with E-state index in [0.29, 0.717) is 6.54 Å². The van der Waals surface area contributed by atoms with Gasteiger partial charge in [-0.1, -0.05) is 12.2 Å². The van der Waals surface area contributed by atoms with Crippen LogP contribution >= 0.6 is 0 Å². The van der Waals surface area contributed by atoms with Crippen molar-refractivity contribution in [2.24, 2.45) is 5.73 Å². The summed E-state index contributed by atoms with van der Waals surface area (Å²) in [6, 6.07) is 0. The van der Waals surface area contributed by atoms with Crippen LogP contribution in [0.4, 0.5) is 0 Å². The van der Waals surface area contributed by atoms with Gasteiger partial charge in [0.15, 0.2) is 0 Å². The smallest absolute Gasteiger partial charge is 0.0593 e. The van der Waals surface area contributed by atoms with Gasteiger partial charge in [0, 0.05) is 39.4 Å². The highest BCUT2D eigenvalue weighted by Crippen LogP contribution is 1.91. The molecule has 0 fully saturated rings. The Hall–Kier alpha value is -0.420. The van der Waals surface area contributed by atoms with Crippen molar-refractivity contribution in [1.29, 1.82) is 0 Å². The molecule has 4 nitrogen and oxygen atoms in total. The molecule has 0 aromatic carbocycles. The van der Waals surface area contributed by atoms with Crippen molar-refractivity contribution < 1.29 is 9.47 Å². The first-order valence-corrected chi connectivity index (χ1v) is 6.08. The Morgan fingerprint density at radius 3 is 2.00 bits per heavy atom. The fourth-order valence-corrected chi connectivity index (χ4v) is 1.29. The molecule has 2 N–H and O–H groups in total. The molecule has 0 radical (unpaired) electrons. The molecule has 16 heavy (non-hydrogen) atoms. The van der Waals surface area contributed by atoms with Crippen LogP contribution in [-0.2, 0) is 9.47 Å². The number of ether oxygens (including phenoxy) is 2. The number of hydrogen-bond acceptors (Lipinski definition) is 4. The van der Waals surface area contributed by atoms with E-state index in [-0.39, 0.29) is 0 Å². The third-order valence-electron chi connectivity index (χ3n) is 2.18. The van der Waals surface area contributed by atoms with Crippen molar-refractivity contribution in [1.82, 2.24) is 4.90 Å². The third kappa shape index (κ3) is 10.1. The molecule has 0 bridgehead atoms. The first kappa shape index (κ1) is 15.6. The van der Waals surface area contributed by atoms with Crippen molar-refractivity contribution in [3.63, 3.8) is 0 Å². The van der Waals surface area contributed by atoms with Crippen LogP contribution in [0.3, 0.4) is 0 Å². The van der Waals surface area contributed by atoms with Crippen LogP contribution in [-0.4, -0.2) is 57.5 Å². The topological polar surface area (TPSA) is 47.7 Å². The van der Waals surface area contributed by atoms with Crippen LogP contribution < -0.4 is 5.73 Å². The Balaban J connectivity index is 3.71. The van der Waals surface area contributed by atoms with E-state index in [1.54, 1.807) is 0 Å². The SMILES string of the molecule is CCOCCN(C/C=C/CN)CCOCC. The van der Waals surface area contributed by atoms with Gasteiger partial charge in [-0.05, 0) is 13.8 Å². The first-order valence-electron chi connectivity index (χ1n) is 6.08. The van der Waals surface area contributed by atoms with Gasteiger partial charge in [-0.2, -0.15) is 0 Å². The van der Waals surface area contributed by atoms with E-state index >= 15 is 0 Å². The molecule has 0 aliphatic rings. The highest BCUT2D eigenvalue weighted by atomic mass is 16.5. The molecule has 0 atom stereocenters. The summed E-state index contributed by atoms with van der Waals surface area (Å²) in [7, 11) is 0. The van der Waals surface area contributed by atoms with Crippen LogP contribution in [0, 0.1) is 0 Å². The zero-order chi connectivity index (χ0) is 12.1. The molecular weight excluding hydrogens is 204 g/mol. The molecule has 0 heterocycles. The lowest BCUT2D eigenvalue weighted by molar-refractivity contribution is 0.0877. The molecule has 0 aliphatic heterocycles. The molecule has 0 rings (SSSR count). The molecule has 0 saturated heterocycles.